The van der Waals surface area contributed by atoms with E-state index in [-0.39, 0.29) is 0 Å². The van der Waals surface area contributed by atoms with E-state index in [1.54, 1.807) is 0 Å². The Morgan fingerprint density at radius 3 is 2.31 bits per heavy atom. The van der Waals surface area contributed by atoms with Crippen LogP contribution in [0.5, 0.6) is 0 Å². The lowest BCUT2D eigenvalue weighted by atomic mass is 10.2. The first kappa shape index (κ1) is 12.4. The van der Waals surface area contributed by atoms with Gasteiger partial charge in [-0.2, -0.15) is 0 Å². The number of hydrogen-bond donors (Lipinski definition) is 3. The summed E-state index contributed by atoms with van der Waals surface area (Å²) < 4.78 is 10.6. The van der Waals surface area contributed by atoms with Crippen molar-refractivity contribution >= 4 is 13.6 Å². The summed E-state index contributed by atoms with van der Waals surface area (Å²) in [5, 5.41) is 7.64. The molecule has 0 radical (unpaired) electrons. The standard InChI is InChI=1S/C7H13O5P/c1-2-3-4-5-6(7(8)9)13(10,11)12/h5H,2-4H2,1H3,(H,8,9)(H2,10,11,12)/b6-5+. The SMILES string of the molecule is CCCC/C=C(\C(=O)O)P(=O)(O)O. The molecule has 0 saturated heterocycles. The van der Waals surface area contributed by atoms with E-state index in [0.717, 1.165) is 18.9 Å². The molecular weight excluding hydrogens is 195 g/mol. The zero-order chi connectivity index (χ0) is 10.5. The molecule has 0 aliphatic carbocycles. The zero-order valence-electron chi connectivity index (χ0n) is 7.30. The molecule has 0 aliphatic rings. The Hall–Kier alpha value is -0.640. The summed E-state index contributed by atoms with van der Waals surface area (Å²) in [6.45, 7) is 1.91. The molecule has 0 bridgehead atoms. The normalized spacial score (nSPS) is 13.0. The maximum Gasteiger partial charge on any atom is 0.363 e. The Bertz CT molecular complexity index is 252. The molecule has 3 N–H and O–H groups in total. The number of allylic oxidation sites excluding steroid dienone is 1. The van der Waals surface area contributed by atoms with Crippen LogP contribution in [0.25, 0.3) is 0 Å². The number of hydrogen-bond acceptors (Lipinski definition) is 2. The number of carbonyl (C=O) groups is 1. The number of carboxylic acid groups (broad SMARTS) is 1. The van der Waals surface area contributed by atoms with Gasteiger partial charge in [0.1, 0.15) is 5.31 Å². The average Bonchev–Trinajstić information content (AvgIpc) is 1.94. The molecule has 0 unspecified atom stereocenters. The van der Waals surface area contributed by atoms with Crippen molar-refractivity contribution in [2.45, 2.75) is 26.2 Å². The molecule has 0 spiro atoms. The summed E-state index contributed by atoms with van der Waals surface area (Å²) in [5.41, 5.74) is 0. The zero-order valence-corrected chi connectivity index (χ0v) is 8.20. The first-order valence-electron chi connectivity index (χ1n) is 3.89. The third-order valence-electron chi connectivity index (χ3n) is 1.43. The van der Waals surface area contributed by atoms with E-state index in [1.165, 1.54) is 0 Å². The highest BCUT2D eigenvalue weighted by Gasteiger charge is 2.26. The maximum atomic E-state index is 10.6. The summed E-state index contributed by atoms with van der Waals surface area (Å²) >= 11 is 0. The molecule has 0 aromatic rings. The number of aliphatic carboxylic acids is 1. The third-order valence-corrected chi connectivity index (χ3v) is 2.43. The highest BCUT2D eigenvalue weighted by molar-refractivity contribution is 7.57. The Morgan fingerprint density at radius 1 is 1.46 bits per heavy atom. The first-order chi connectivity index (χ1) is 5.89. The van der Waals surface area contributed by atoms with Crippen molar-refractivity contribution in [1.29, 1.82) is 0 Å². The minimum Gasteiger partial charge on any atom is -0.477 e. The quantitative estimate of drug-likeness (QED) is 0.360. The number of unbranched alkanes of at least 4 members (excludes halogenated alkanes) is 2. The smallest absolute Gasteiger partial charge is 0.363 e. The van der Waals surface area contributed by atoms with Gasteiger partial charge in [-0.25, -0.2) is 4.79 Å². The largest absolute Gasteiger partial charge is 0.477 e. The second-order valence-corrected chi connectivity index (χ2v) is 4.15. The fourth-order valence-corrected chi connectivity index (χ4v) is 1.39. The monoisotopic (exact) mass is 208 g/mol. The molecule has 0 atom stereocenters. The lowest BCUT2D eigenvalue weighted by Gasteiger charge is -2.03. The van der Waals surface area contributed by atoms with Crippen LogP contribution < -0.4 is 0 Å². The lowest BCUT2D eigenvalue weighted by Crippen LogP contribution is -2.01. The topological polar surface area (TPSA) is 94.8 Å². The van der Waals surface area contributed by atoms with E-state index in [1.807, 2.05) is 6.92 Å². The van der Waals surface area contributed by atoms with Crippen molar-refractivity contribution < 1.29 is 24.3 Å². The molecule has 0 amide bonds. The van der Waals surface area contributed by atoms with Crippen LogP contribution in [0.15, 0.2) is 11.4 Å². The summed E-state index contributed by atoms with van der Waals surface area (Å²) in [6.07, 6.45) is 3.04. The minimum absolute atomic E-state index is 0.378. The van der Waals surface area contributed by atoms with Crippen LogP contribution >= 0.6 is 7.60 Å². The third kappa shape index (κ3) is 4.83. The predicted octanol–water partition coefficient (Wildman–Crippen LogP) is 1.32. The van der Waals surface area contributed by atoms with Gasteiger partial charge in [0.15, 0.2) is 0 Å². The van der Waals surface area contributed by atoms with Gasteiger partial charge in [-0.05, 0) is 6.42 Å². The van der Waals surface area contributed by atoms with Gasteiger partial charge in [0.25, 0.3) is 0 Å². The summed E-state index contributed by atoms with van der Waals surface area (Å²) in [5.74, 6) is -1.55. The van der Waals surface area contributed by atoms with Gasteiger partial charge >= 0.3 is 13.6 Å². The fourth-order valence-electron chi connectivity index (χ4n) is 0.774. The van der Waals surface area contributed by atoms with E-state index < -0.39 is 18.9 Å². The van der Waals surface area contributed by atoms with Crippen molar-refractivity contribution in [3.8, 4) is 0 Å². The van der Waals surface area contributed by atoms with Gasteiger partial charge in [0.05, 0.1) is 0 Å². The lowest BCUT2D eigenvalue weighted by molar-refractivity contribution is -0.132. The van der Waals surface area contributed by atoms with Crippen molar-refractivity contribution in [3.05, 3.63) is 11.4 Å². The molecule has 0 heterocycles. The summed E-state index contributed by atoms with van der Waals surface area (Å²) in [6, 6.07) is 0. The molecule has 0 rings (SSSR count). The molecule has 13 heavy (non-hydrogen) atoms. The summed E-state index contributed by atoms with van der Waals surface area (Å²) in [7, 11) is -4.61. The first-order valence-corrected chi connectivity index (χ1v) is 5.50. The van der Waals surface area contributed by atoms with E-state index in [4.69, 9.17) is 14.9 Å². The van der Waals surface area contributed by atoms with Crippen LogP contribution in [0, 0.1) is 0 Å². The van der Waals surface area contributed by atoms with Crippen LogP contribution in [0.3, 0.4) is 0 Å². The Kier molecular flexibility index (Phi) is 4.91. The highest BCUT2D eigenvalue weighted by Crippen LogP contribution is 2.45. The molecule has 5 nitrogen and oxygen atoms in total. The minimum atomic E-state index is -4.61. The Labute approximate surface area is 76.2 Å². The number of carboxylic acids is 1. The molecule has 76 valence electrons. The van der Waals surface area contributed by atoms with E-state index in [9.17, 15) is 9.36 Å². The van der Waals surface area contributed by atoms with Gasteiger partial charge in [-0.3, -0.25) is 4.57 Å². The van der Waals surface area contributed by atoms with E-state index in [2.05, 4.69) is 0 Å². The predicted molar refractivity (Wildman–Crippen MR) is 47.3 cm³/mol. The molecule has 0 fully saturated rings. The van der Waals surface area contributed by atoms with Crippen LogP contribution in [-0.4, -0.2) is 20.9 Å². The van der Waals surface area contributed by atoms with Gasteiger partial charge in [-0.15, -0.1) is 0 Å². The van der Waals surface area contributed by atoms with Crippen molar-refractivity contribution in [2.24, 2.45) is 0 Å². The maximum absolute atomic E-state index is 10.6. The van der Waals surface area contributed by atoms with Gasteiger partial charge < -0.3 is 14.9 Å². The summed E-state index contributed by atoms with van der Waals surface area (Å²) in [4.78, 5) is 27.6. The second-order valence-electron chi connectivity index (χ2n) is 2.58. The highest BCUT2D eigenvalue weighted by atomic mass is 31.2. The van der Waals surface area contributed by atoms with Crippen molar-refractivity contribution in [2.75, 3.05) is 0 Å². The van der Waals surface area contributed by atoms with Gasteiger partial charge in [0, 0.05) is 0 Å². The van der Waals surface area contributed by atoms with Crippen molar-refractivity contribution in [1.82, 2.24) is 0 Å². The van der Waals surface area contributed by atoms with Crippen molar-refractivity contribution in [3.63, 3.8) is 0 Å². The van der Waals surface area contributed by atoms with Crippen LogP contribution in [0.4, 0.5) is 0 Å². The molecule has 0 aromatic heterocycles. The molecule has 0 aromatic carbocycles. The Morgan fingerprint density at radius 2 is 2.00 bits per heavy atom. The molecule has 0 saturated carbocycles. The molecular formula is C7H13O5P. The molecule has 0 aliphatic heterocycles. The number of rotatable bonds is 5. The van der Waals surface area contributed by atoms with E-state index >= 15 is 0 Å². The van der Waals surface area contributed by atoms with E-state index in [0.29, 0.717) is 6.42 Å². The van der Waals surface area contributed by atoms with Gasteiger partial charge in [0.2, 0.25) is 0 Å². The Balaban J connectivity index is 4.53. The fraction of sp³-hybridized carbons (Fsp3) is 0.571. The second kappa shape index (κ2) is 5.17. The average molecular weight is 208 g/mol. The van der Waals surface area contributed by atoms with Gasteiger partial charge in [-0.1, -0.05) is 25.8 Å². The molecule has 6 heteroatoms. The van der Waals surface area contributed by atoms with Crippen LogP contribution in [-0.2, 0) is 9.36 Å². The van der Waals surface area contributed by atoms with Crippen LogP contribution in [0.2, 0.25) is 0 Å². The van der Waals surface area contributed by atoms with Crippen LogP contribution in [0.1, 0.15) is 26.2 Å².